The van der Waals surface area contributed by atoms with E-state index >= 15 is 0 Å². The zero-order chi connectivity index (χ0) is 13.9. The number of anilines is 2. The Morgan fingerprint density at radius 2 is 1.90 bits per heavy atom. The Kier molecular flexibility index (Phi) is 4.08. The molecule has 1 saturated heterocycles. The van der Waals surface area contributed by atoms with Crippen molar-refractivity contribution in [3.8, 4) is 0 Å². The van der Waals surface area contributed by atoms with E-state index in [4.69, 9.17) is 11.6 Å². The lowest BCUT2D eigenvalue weighted by molar-refractivity contribution is 0.619. The second-order valence-corrected chi connectivity index (χ2v) is 5.88. The summed E-state index contributed by atoms with van der Waals surface area (Å²) in [4.78, 5) is 8.79. The molecule has 1 aromatic heterocycles. The number of hydrogen-bond donors (Lipinski definition) is 0. The lowest BCUT2D eigenvalue weighted by atomic mass is 10.2. The molecule has 0 bridgehead atoms. The number of thiazole rings is 1. The number of piperazine rings is 1. The highest BCUT2D eigenvalue weighted by atomic mass is 35.5. The highest BCUT2D eigenvalue weighted by Gasteiger charge is 2.19. The molecular weight excluding hydrogens is 297 g/mol. The molecule has 0 aliphatic carbocycles. The van der Waals surface area contributed by atoms with Gasteiger partial charge < -0.3 is 9.80 Å². The monoisotopic (exact) mass is 311 g/mol. The minimum atomic E-state index is -0.222. The maximum absolute atomic E-state index is 13.6. The zero-order valence-corrected chi connectivity index (χ0v) is 12.5. The SMILES string of the molecule is Fc1cc(CCl)cc(N2CCN(c3nccs3)CC2)c1. The molecule has 0 atom stereocenters. The first kappa shape index (κ1) is 13.6. The summed E-state index contributed by atoms with van der Waals surface area (Å²) in [7, 11) is 0. The van der Waals surface area contributed by atoms with Crippen LogP contribution in [0.2, 0.25) is 0 Å². The van der Waals surface area contributed by atoms with Gasteiger partial charge in [0.05, 0.1) is 0 Å². The molecule has 0 unspecified atom stereocenters. The lowest BCUT2D eigenvalue weighted by Gasteiger charge is -2.36. The first-order chi connectivity index (χ1) is 9.76. The number of nitrogens with zero attached hydrogens (tertiary/aromatic N) is 3. The van der Waals surface area contributed by atoms with Crippen molar-refractivity contribution in [2.24, 2.45) is 0 Å². The summed E-state index contributed by atoms with van der Waals surface area (Å²) < 4.78 is 13.6. The van der Waals surface area contributed by atoms with E-state index in [2.05, 4.69) is 14.8 Å². The number of halogens is 2. The third kappa shape index (κ3) is 2.88. The van der Waals surface area contributed by atoms with E-state index in [0.29, 0.717) is 5.88 Å². The van der Waals surface area contributed by atoms with E-state index in [1.807, 2.05) is 17.6 Å². The Hall–Kier alpha value is -1.33. The van der Waals surface area contributed by atoms with Gasteiger partial charge in [-0.3, -0.25) is 0 Å². The second kappa shape index (κ2) is 5.97. The van der Waals surface area contributed by atoms with Crippen molar-refractivity contribution in [3.05, 3.63) is 41.2 Å². The molecule has 2 aromatic rings. The Labute approximate surface area is 126 Å². The average Bonchev–Trinajstić information content (AvgIpc) is 3.01. The van der Waals surface area contributed by atoms with Crippen LogP contribution in [0, 0.1) is 5.82 Å². The largest absolute Gasteiger partial charge is 0.368 e. The van der Waals surface area contributed by atoms with Crippen molar-refractivity contribution in [1.82, 2.24) is 4.98 Å². The van der Waals surface area contributed by atoms with E-state index in [1.165, 1.54) is 6.07 Å². The number of alkyl halides is 1. The summed E-state index contributed by atoms with van der Waals surface area (Å²) in [6.45, 7) is 3.54. The Morgan fingerprint density at radius 3 is 2.55 bits per heavy atom. The van der Waals surface area contributed by atoms with Gasteiger partial charge in [-0.2, -0.15) is 0 Å². The highest BCUT2D eigenvalue weighted by molar-refractivity contribution is 7.13. The van der Waals surface area contributed by atoms with Gasteiger partial charge in [-0.1, -0.05) is 0 Å². The maximum atomic E-state index is 13.6. The average molecular weight is 312 g/mol. The minimum Gasteiger partial charge on any atom is -0.368 e. The predicted octanol–water partition coefficient (Wildman–Crippen LogP) is 3.35. The van der Waals surface area contributed by atoms with E-state index in [0.717, 1.165) is 42.6 Å². The molecule has 0 spiro atoms. The molecule has 3 rings (SSSR count). The van der Waals surface area contributed by atoms with Crippen molar-refractivity contribution >= 4 is 33.8 Å². The van der Waals surface area contributed by atoms with Crippen LogP contribution >= 0.6 is 22.9 Å². The molecule has 0 saturated carbocycles. The van der Waals surface area contributed by atoms with Gasteiger partial charge in [-0.15, -0.1) is 22.9 Å². The molecule has 1 aliphatic rings. The van der Waals surface area contributed by atoms with Crippen LogP contribution in [-0.2, 0) is 5.88 Å². The third-order valence-corrected chi connectivity index (χ3v) is 4.57. The first-order valence-corrected chi connectivity index (χ1v) is 7.92. The van der Waals surface area contributed by atoms with Crippen molar-refractivity contribution < 1.29 is 4.39 Å². The Balaban J connectivity index is 1.70. The molecule has 0 amide bonds. The number of rotatable bonds is 3. The van der Waals surface area contributed by atoms with E-state index in [9.17, 15) is 4.39 Å². The molecule has 0 radical (unpaired) electrons. The minimum absolute atomic E-state index is 0.222. The zero-order valence-electron chi connectivity index (χ0n) is 10.9. The topological polar surface area (TPSA) is 19.4 Å². The van der Waals surface area contributed by atoms with Gasteiger partial charge >= 0.3 is 0 Å². The molecule has 1 fully saturated rings. The van der Waals surface area contributed by atoms with E-state index in [-0.39, 0.29) is 5.82 Å². The fraction of sp³-hybridized carbons (Fsp3) is 0.357. The summed E-state index contributed by atoms with van der Waals surface area (Å²) >= 11 is 7.45. The second-order valence-electron chi connectivity index (χ2n) is 4.74. The van der Waals surface area contributed by atoms with Gasteiger partial charge in [-0.25, -0.2) is 9.37 Å². The highest BCUT2D eigenvalue weighted by Crippen LogP contribution is 2.24. The fourth-order valence-electron chi connectivity index (χ4n) is 2.42. The van der Waals surface area contributed by atoms with E-state index < -0.39 is 0 Å². The van der Waals surface area contributed by atoms with Gasteiger partial charge in [0.2, 0.25) is 0 Å². The fourth-order valence-corrected chi connectivity index (χ4v) is 3.27. The van der Waals surface area contributed by atoms with Crippen molar-refractivity contribution in [2.75, 3.05) is 36.0 Å². The van der Waals surface area contributed by atoms with Crippen molar-refractivity contribution in [3.63, 3.8) is 0 Å². The number of benzene rings is 1. The lowest BCUT2D eigenvalue weighted by Crippen LogP contribution is -2.46. The molecular formula is C14H15ClFN3S. The summed E-state index contributed by atoms with van der Waals surface area (Å²) in [6.07, 6.45) is 1.83. The maximum Gasteiger partial charge on any atom is 0.185 e. The molecule has 3 nitrogen and oxygen atoms in total. The summed E-state index contributed by atoms with van der Waals surface area (Å²) in [6, 6.07) is 5.03. The van der Waals surface area contributed by atoms with Crippen LogP contribution < -0.4 is 9.80 Å². The van der Waals surface area contributed by atoms with Crippen LogP contribution in [0.3, 0.4) is 0 Å². The smallest absolute Gasteiger partial charge is 0.185 e. The summed E-state index contributed by atoms with van der Waals surface area (Å²) in [5.74, 6) is 0.115. The Bertz CT molecular complexity index is 568. The van der Waals surface area contributed by atoms with Gasteiger partial charge in [0.25, 0.3) is 0 Å². The van der Waals surface area contributed by atoms with Crippen LogP contribution in [0.15, 0.2) is 29.8 Å². The van der Waals surface area contributed by atoms with Crippen LogP contribution in [0.25, 0.3) is 0 Å². The number of aromatic nitrogens is 1. The van der Waals surface area contributed by atoms with Crippen LogP contribution in [0.4, 0.5) is 15.2 Å². The van der Waals surface area contributed by atoms with Crippen LogP contribution in [0.1, 0.15) is 5.56 Å². The van der Waals surface area contributed by atoms with Gasteiger partial charge in [0.1, 0.15) is 5.82 Å². The third-order valence-electron chi connectivity index (χ3n) is 3.43. The molecule has 1 aliphatic heterocycles. The van der Waals surface area contributed by atoms with E-state index in [1.54, 1.807) is 17.4 Å². The van der Waals surface area contributed by atoms with Crippen molar-refractivity contribution in [2.45, 2.75) is 5.88 Å². The van der Waals surface area contributed by atoms with Gasteiger partial charge in [-0.05, 0) is 23.8 Å². The molecule has 0 N–H and O–H groups in total. The number of hydrogen-bond acceptors (Lipinski definition) is 4. The van der Waals surface area contributed by atoms with Gasteiger partial charge in [0, 0.05) is 49.3 Å². The molecule has 106 valence electrons. The van der Waals surface area contributed by atoms with Gasteiger partial charge in [0.15, 0.2) is 5.13 Å². The molecule has 20 heavy (non-hydrogen) atoms. The normalized spacial score (nSPS) is 15.7. The summed E-state index contributed by atoms with van der Waals surface area (Å²) in [5.41, 5.74) is 1.74. The van der Waals surface area contributed by atoms with Crippen LogP contribution in [0.5, 0.6) is 0 Å². The molecule has 1 aromatic carbocycles. The quantitative estimate of drug-likeness (QED) is 0.810. The van der Waals surface area contributed by atoms with Crippen molar-refractivity contribution in [1.29, 1.82) is 0 Å². The summed E-state index contributed by atoms with van der Waals surface area (Å²) in [5, 5.41) is 3.05. The molecule has 6 heteroatoms. The molecule has 2 heterocycles. The van der Waals surface area contributed by atoms with Crippen LogP contribution in [-0.4, -0.2) is 31.2 Å². The Morgan fingerprint density at radius 1 is 1.15 bits per heavy atom. The standard InChI is InChI=1S/C14H15ClFN3S/c15-10-11-7-12(16)9-13(8-11)18-2-4-19(5-3-18)14-17-1-6-20-14/h1,6-9H,2-5,10H2. The first-order valence-electron chi connectivity index (χ1n) is 6.51. The predicted molar refractivity (Wildman–Crippen MR) is 82.5 cm³/mol.